The molecule has 0 atom stereocenters. The summed E-state index contributed by atoms with van der Waals surface area (Å²) in [6, 6.07) is 3.89. The zero-order valence-corrected chi connectivity index (χ0v) is 13.1. The van der Waals surface area contributed by atoms with Gasteiger partial charge in [0.25, 0.3) is 5.69 Å². The number of nitro groups is 1. The van der Waals surface area contributed by atoms with Crippen LogP contribution in [0.5, 0.6) is 0 Å². The molecule has 1 fully saturated rings. The first-order valence-electron chi connectivity index (χ1n) is 6.98. The minimum Gasteiger partial charge on any atom is -0.395 e. The fraction of sp³-hybridized carbons (Fsp3) is 0.538. The zero-order valence-electron chi connectivity index (χ0n) is 12.3. The van der Waals surface area contributed by atoms with E-state index >= 15 is 0 Å². The molecule has 0 spiro atoms. The van der Waals surface area contributed by atoms with Gasteiger partial charge in [0.1, 0.15) is 5.69 Å². The highest BCUT2D eigenvalue weighted by Crippen LogP contribution is 2.31. The molecule has 1 aliphatic heterocycles. The van der Waals surface area contributed by atoms with Gasteiger partial charge in [-0.2, -0.15) is 4.31 Å². The second kappa shape index (κ2) is 6.59. The molecule has 1 N–H and O–H groups in total. The first-order chi connectivity index (χ1) is 10.4. The van der Waals surface area contributed by atoms with Gasteiger partial charge in [-0.3, -0.25) is 10.1 Å². The minimum absolute atomic E-state index is 0.0674. The Balaban J connectivity index is 2.43. The normalized spacial score (nSPS) is 15.9. The summed E-state index contributed by atoms with van der Waals surface area (Å²) < 4.78 is 26.3. The Morgan fingerprint density at radius 1 is 1.36 bits per heavy atom. The summed E-state index contributed by atoms with van der Waals surface area (Å²) in [6.07, 6.45) is 1.61. The Kier molecular flexibility index (Phi) is 4.99. The maximum Gasteiger partial charge on any atom is 0.293 e. The Morgan fingerprint density at radius 2 is 2.00 bits per heavy atom. The number of anilines is 1. The molecule has 0 saturated carbocycles. The lowest BCUT2D eigenvalue weighted by atomic mass is 10.2. The van der Waals surface area contributed by atoms with Crippen LogP contribution in [0.2, 0.25) is 0 Å². The van der Waals surface area contributed by atoms with Gasteiger partial charge in [-0.05, 0) is 25.0 Å². The van der Waals surface area contributed by atoms with Crippen LogP contribution in [0.15, 0.2) is 23.1 Å². The smallest absolute Gasteiger partial charge is 0.293 e. The number of aliphatic hydroxyl groups is 1. The summed E-state index contributed by atoms with van der Waals surface area (Å²) in [5.41, 5.74) is -0.00403. The molecule has 122 valence electrons. The summed E-state index contributed by atoms with van der Waals surface area (Å²) in [5.74, 6) is 0. The highest BCUT2D eigenvalue weighted by molar-refractivity contribution is 7.89. The molecule has 9 heteroatoms. The summed E-state index contributed by atoms with van der Waals surface area (Å²) in [7, 11) is -2.08. The molecule has 0 unspecified atom stereocenters. The fourth-order valence-electron chi connectivity index (χ4n) is 2.48. The molecule has 1 aliphatic rings. The number of nitro benzene ring substituents is 1. The molecule has 1 heterocycles. The van der Waals surface area contributed by atoms with Crippen LogP contribution in [-0.4, -0.2) is 56.0 Å². The van der Waals surface area contributed by atoms with Crippen molar-refractivity contribution in [3.8, 4) is 0 Å². The summed E-state index contributed by atoms with van der Waals surface area (Å²) in [5, 5.41) is 20.2. The van der Waals surface area contributed by atoms with Crippen molar-refractivity contribution in [2.75, 3.05) is 38.2 Å². The molecular formula is C13H19N3O5S. The monoisotopic (exact) mass is 329 g/mol. The van der Waals surface area contributed by atoms with Crippen molar-refractivity contribution in [2.45, 2.75) is 17.7 Å². The van der Waals surface area contributed by atoms with E-state index in [0.717, 1.165) is 18.9 Å². The van der Waals surface area contributed by atoms with E-state index in [2.05, 4.69) is 0 Å². The van der Waals surface area contributed by atoms with Crippen molar-refractivity contribution in [1.82, 2.24) is 4.31 Å². The molecule has 2 rings (SSSR count). The van der Waals surface area contributed by atoms with Gasteiger partial charge in [0.15, 0.2) is 0 Å². The van der Waals surface area contributed by atoms with Crippen LogP contribution in [0.1, 0.15) is 12.8 Å². The molecule has 22 heavy (non-hydrogen) atoms. The maximum atomic E-state index is 12.5. The molecular weight excluding hydrogens is 310 g/mol. The third-order valence-corrected chi connectivity index (χ3v) is 5.59. The highest BCUT2D eigenvalue weighted by Gasteiger charge is 2.29. The van der Waals surface area contributed by atoms with E-state index in [9.17, 15) is 18.5 Å². The fourth-order valence-corrected chi connectivity index (χ4v) is 4.02. The number of benzene rings is 1. The van der Waals surface area contributed by atoms with Gasteiger partial charge in [0, 0.05) is 32.7 Å². The van der Waals surface area contributed by atoms with Crippen LogP contribution in [0.3, 0.4) is 0 Å². The number of aliphatic hydroxyl groups excluding tert-OH is 1. The average Bonchev–Trinajstić information content (AvgIpc) is 3.01. The second-order valence-corrected chi connectivity index (χ2v) is 7.10. The van der Waals surface area contributed by atoms with Crippen LogP contribution >= 0.6 is 0 Å². The quantitative estimate of drug-likeness (QED) is 0.612. The van der Waals surface area contributed by atoms with Gasteiger partial charge < -0.3 is 10.0 Å². The van der Waals surface area contributed by atoms with Crippen molar-refractivity contribution < 1.29 is 18.4 Å². The number of sulfonamides is 1. The topological polar surface area (TPSA) is 104 Å². The van der Waals surface area contributed by atoms with Gasteiger partial charge >= 0.3 is 0 Å². The Morgan fingerprint density at radius 3 is 2.55 bits per heavy atom. The highest BCUT2D eigenvalue weighted by atomic mass is 32.2. The Bertz CT molecular complexity index is 656. The van der Waals surface area contributed by atoms with E-state index in [-0.39, 0.29) is 29.4 Å². The van der Waals surface area contributed by atoms with E-state index in [1.54, 1.807) is 7.05 Å². The molecule has 0 bridgehead atoms. The van der Waals surface area contributed by atoms with E-state index in [1.807, 2.05) is 0 Å². The standard InChI is InChI=1S/C13H19N3O5S/c1-14(8-9-17)12-5-4-11(10-13(12)16(18)19)22(20,21)15-6-2-3-7-15/h4-5,10,17H,2-3,6-9H2,1H3. The lowest BCUT2D eigenvalue weighted by Gasteiger charge is -2.19. The second-order valence-electron chi connectivity index (χ2n) is 5.16. The largest absolute Gasteiger partial charge is 0.395 e. The number of nitrogens with zero attached hydrogens (tertiary/aromatic N) is 3. The van der Waals surface area contributed by atoms with Gasteiger partial charge in [0.2, 0.25) is 10.0 Å². The van der Waals surface area contributed by atoms with Crippen LogP contribution in [0.25, 0.3) is 0 Å². The molecule has 1 aromatic carbocycles. The third-order valence-electron chi connectivity index (χ3n) is 3.69. The first kappa shape index (κ1) is 16.7. The van der Waals surface area contributed by atoms with Gasteiger partial charge in [-0.25, -0.2) is 8.42 Å². The Labute approximate surface area is 129 Å². The first-order valence-corrected chi connectivity index (χ1v) is 8.42. The lowest BCUT2D eigenvalue weighted by molar-refractivity contribution is -0.384. The van der Waals surface area contributed by atoms with E-state index in [4.69, 9.17) is 5.11 Å². The lowest BCUT2D eigenvalue weighted by Crippen LogP contribution is -2.28. The zero-order chi connectivity index (χ0) is 16.3. The number of likely N-dealkylation sites (N-methyl/N-ethyl adjacent to an activating group) is 1. The SMILES string of the molecule is CN(CCO)c1ccc(S(=O)(=O)N2CCCC2)cc1[N+](=O)[O-]. The predicted molar refractivity (Wildman–Crippen MR) is 81.4 cm³/mol. The average molecular weight is 329 g/mol. The minimum atomic E-state index is -3.69. The number of hydrogen-bond donors (Lipinski definition) is 1. The molecule has 1 saturated heterocycles. The van der Waals surface area contributed by atoms with E-state index in [0.29, 0.717) is 13.1 Å². The third kappa shape index (κ3) is 3.21. The van der Waals surface area contributed by atoms with Crippen LogP contribution < -0.4 is 4.90 Å². The van der Waals surface area contributed by atoms with Crippen molar-refractivity contribution in [3.63, 3.8) is 0 Å². The van der Waals surface area contributed by atoms with E-state index < -0.39 is 14.9 Å². The van der Waals surface area contributed by atoms with Gasteiger partial charge in [0.05, 0.1) is 16.4 Å². The molecule has 1 aromatic rings. The Hall–Kier alpha value is -1.71. The predicted octanol–water partition coefficient (Wildman–Crippen LogP) is 0.808. The van der Waals surface area contributed by atoms with Crippen molar-refractivity contribution in [2.24, 2.45) is 0 Å². The van der Waals surface area contributed by atoms with Crippen LogP contribution in [0.4, 0.5) is 11.4 Å². The molecule has 0 aromatic heterocycles. The molecule has 0 radical (unpaired) electrons. The summed E-state index contributed by atoms with van der Waals surface area (Å²) in [4.78, 5) is 12.1. The van der Waals surface area contributed by atoms with Gasteiger partial charge in [-0.1, -0.05) is 0 Å². The van der Waals surface area contributed by atoms with Crippen molar-refractivity contribution in [1.29, 1.82) is 0 Å². The van der Waals surface area contributed by atoms with Crippen LogP contribution in [0, 0.1) is 10.1 Å². The molecule has 8 nitrogen and oxygen atoms in total. The van der Waals surface area contributed by atoms with Crippen molar-refractivity contribution in [3.05, 3.63) is 28.3 Å². The molecule has 0 aliphatic carbocycles. The van der Waals surface area contributed by atoms with Gasteiger partial charge in [-0.15, -0.1) is 0 Å². The van der Waals surface area contributed by atoms with Crippen molar-refractivity contribution >= 4 is 21.4 Å². The number of rotatable bonds is 6. The molecule has 0 amide bonds. The summed E-state index contributed by atoms with van der Waals surface area (Å²) >= 11 is 0. The van der Waals surface area contributed by atoms with Crippen LogP contribution in [-0.2, 0) is 10.0 Å². The summed E-state index contributed by atoms with van der Waals surface area (Å²) in [6.45, 7) is 0.963. The number of hydrogen-bond acceptors (Lipinski definition) is 6. The maximum absolute atomic E-state index is 12.5. The van der Waals surface area contributed by atoms with E-state index in [1.165, 1.54) is 21.3 Å².